The number of hydrogen-bond donors (Lipinski definition) is 0. The molecule has 9 aromatic carbocycles. The maximum absolute atomic E-state index is 14.8. The second kappa shape index (κ2) is 14.6. The van der Waals surface area contributed by atoms with Crippen molar-refractivity contribution in [3.63, 3.8) is 0 Å². The Morgan fingerprint density at radius 1 is 0.313 bits per heavy atom. The van der Waals surface area contributed by atoms with Gasteiger partial charge in [0.1, 0.15) is 0 Å². The highest BCUT2D eigenvalue weighted by Gasteiger charge is 2.34. The number of pyridine rings is 4. The van der Waals surface area contributed by atoms with Crippen LogP contribution in [-0.2, 0) is 0 Å². The maximum atomic E-state index is 14.8. The fraction of sp³-hybridized carbons (Fsp3) is 0. The molecule has 0 fully saturated rings. The Balaban J connectivity index is 1.05. The number of thiocarbonyl (C=S) groups is 1. The first-order chi connectivity index (χ1) is 32.8. The molecule has 67 heavy (non-hydrogen) atoms. The summed E-state index contributed by atoms with van der Waals surface area (Å²) in [6, 6.07) is 67.4. The number of para-hydroxylation sites is 3. The fourth-order valence-electron chi connectivity index (χ4n) is 10.5. The Morgan fingerprint density at radius 3 is 1.16 bits per heavy atom. The van der Waals surface area contributed by atoms with E-state index in [1.807, 2.05) is 89.3 Å². The number of benzene rings is 9. The zero-order valence-electron chi connectivity index (χ0n) is 35.5. The van der Waals surface area contributed by atoms with Gasteiger partial charge in [-0.25, -0.2) is 0 Å². The van der Waals surface area contributed by atoms with Gasteiger partial charge in [-0.2, -0.15) is 0 Å². The van der Waals surface area contributed by atoms with Crippen molar-refractivity contribution in [1.82, 2.24) is 8.80 Å². The van der Waals surface area contributed by atoms with Gasteiger partial charge in [0.2, 0.25) is 0 Å². The smallest absolute Gasteiger partial charge is 0.197 e. The standard InChI is InChI=1S/C59H34N2O4S2/c62-55-41-20-10-11-25-49(41)60-50-30-26-35(32-47(50)57(64)45-23-12-21-43(55)53(45)60)59(66)36-27-31-51-48(33-36)58(65)46-24-13-22-44-54(46)61(51)52-34-40(28-29-42(52)56(44)63)67(37-14-4-1-5-15-37,38-16-6-2-7-17-38)39-18-8-3-9-19-39/h1-34H. The molecule has 8 heteroatoms. The van der Waals surface area contributed by atoms with Gasteiger partial charge in [0, 0.05) is 62.7 Å². The topological polar surface area (TPSA) is 77.1 Å². The Hall–Kier alpha value is -8.30. The highest BCUT2D eigenvalue weighted by atomic mass is 32.3. The van der Waals surface area contributed by atoms with E-state index < -0.39 is 10.0 Å². The molecule has 0 bridgehead atoms. The SMILES string of the molecule is O=c1c2ccccc2n2c3ccc(C(=S)c4ccc5c(c4)c(=O)c4cccc6c(=O)c7ccc(S(c8ccccc8)(c8ccccc8)c8ccccc8)cc7n5c46)cc3c(=O)c3cccc1c32. The van der Waals surface area contributed by atoms with Crippen LogP contribution in [0.1, 0.15) is 11.1 Å². The molecule has 0 N–H and O–H groups in total. The molecule has 13 rings (SSSR count). The van der Waals surface area contributed by atoms with Gasteiger partial charge in [0.15, 0.2) is 21.7 Å². The minimum absolute atomic E-state index is 0.112. The van der Waals surface area contributed by atoms with Gasteiger partial charge >= 0.3 is 0 Å². The summed E-state index contributed by atoms with van der Waals surface area (Å²) in [6.45, 7) is 0. The summed E-state index contributed by atoms with van der Waals surface area (Å²) in [5.41, 5.74) is 4.54. The Morgan fingerprint density at radius 2 is 0.687 bits per heavy atom. The largest absolute Gasteiger partial charge is 0.308 e. The van der Waals surface area contributed by atoms with E-state index in [1.54, 1.807) is 36.4 Å². The van der Waals surface area contributed by atoms with Gasteiger partial charge < -0.3 is 8.80 Å². The summed E-state index contributed by atoms with van der Waals surface area (Å²) in [5.74, 6) is 0. The van der Waals surface area contributed by atoms with Gasteiger partial charge in [-0.1, -0.05) is 103 Å². The molecule has 6 nitrogen and oxygen atoms in total. The second-order valence-electron chi connectivity index (χ2n) is 16.9. The second-order valence-corrected chi connectivity index (χ2v) is 20.5. The Labute approximate surface area is 387 Å². The van der Waals surface area contributed by atoms with Crippen LogP contribution in [-0.4, -0.2) is 13.7 Å². The van der Waals surface area contributed by atoms with Crippen LogP contribution in [0.5, 0.6) is 0 Å². The summed E-state index contributed by atoms with van der Waals surface area (Å²) in [7, 11) is -2.11. The van der Waals surface area contributed by atoms with E-state index >= 15 is 0 Å². The van der Waals surface area contributed by atoms with Gasteiger partial charge in [-0.15, -0.1) is 10.0 Å². The predicted octanol–water partition coefficient (Wildman–Crippen LogP) is 12.5. The third kappa shape index (κ3) is 5.42. The predicted molar refractivity (Wildman–Crippen MR) is 278 cm³/mol. The van der Waals surface area contributed by atoms with Gasteiger partial charge in [-0.05, 0) is 126 Å². The van der Waals surface area contributed by atoms with Crippen molar-refractivity contribution in [3.8, 4) is 0 Å². The summed E-state index contributed by atoms with van der Waals surface area (Å²) < 4.78 is 4.09. The normalized spacial score (nSPS) is 12.4. The molecular formula is C59H34N2O4S2. The van der Waals surface area contributed by atoms with Crippen molar-refractivity contribution < 1.29 is 0 Å². The summed E-state index contributed by atoms with van der Waals surface area (Å²) in [6.07, 6.45) is 0. The molecule has 0 atom stereocenters. The molecule has 4 heterocycles. The minimum atomic E-state index is -2.11. The molecule has 0 aliphatic heterocycles. The van der Waals surface area contributed by atoms with Crippen molar-refractivity contribution in [3.05, 3.63) is 258 Å². The molecule has 316 valence electrons. The van der Waals surface area contributed by atoms with Crippen molar-refractivity contribution in [2.24, 2.45) is 0 Å². The third-order valence-electron chi connectivity index (χ3n) is 13.5. The lowest BCUT2D eigenvalue weighted by atomic mass is 9.97. The molecule has 0 radical (unpaired) electrons. The quantitative estimate of drug-likeness (QED) is 0.0719. The molecule has 0 saturated carbocycles. The van der Waals surface area contributed by atoms with Crippen LogP contribution in [0.4, 0.5) is 0 Å². The first-order valence-electron chi connectivity index (χ1n) is 21.9. The van der Waals surface area contributed by atoms with Gasteiger partial charge in [0.25, 0.3) is 0 Å². The first kappa shape index (κ1) is 39.1. The van der Waals surface area contributed by atoms with Crippen LogP contribution in [0.15, 0.2) is 245 Å². The van der Waals surface area contributed by atoms with E-state index in [9.17, 15) is 19.2 Å². The van der Waals surface area contributed by atoms with E-state index in [0.717, 1.165) is 19.6 Å². The molecule has 0 spiro atoms. The fourth-order valence-corrected chi connectivity index (χ4v) is 14.7. The van der Waals surface area contributed by atoms with Gasteiger partial charge in [0.05, 0.1) is 38.0 Å². The molecule has 0 saturated heterocycles. The number of rotatable bonds is 6. The van der Waals surface area contributed by atoms with E-state index in [-0.39, 0.29) is 21.7 Å². The number of hydrogen-bond acceptors (Lipinski definition) is 5. The molecule has 0 aliphatic carbocycles. The summed E-state index contributed by atoms with van der Waals surface area (Å²) >= 11 is 6.23. The zero-order valence-corrected chi connectivity index (χ0v) is 37.1. The van der Waals surface area contributed by atoms with Crippen LogP contribution in [0.3, 0.4) is 0 Å². The number of nitrogens with zero attached hydrogens (tertiary/aromatic N) is 2. The van der Waals surface area contributed by atoms with Crippen molar-refractivity contribution in [1.29, 1.82) is 0 Å². The first-order valence-corrected chi connectivity index (χ1v) is 24.0. The third-order valence-corrected chi connectivity index (χ3v) is 17.8. The lowest BCUT2D eigenvalue weighted by Gasteiger charge is -2.42. The van der Waals surface area contributed by atoms with Crippen LogP contribution < -0.4 is 21.7 Å². The zero-order chi connectivity index (χ0) is 45.1. The summed E-state index contributed by atoms with van der Waals surface area (Å²) in [4.78, 5) is 62.3. The van der Waals surface area contributed by atoms with E-state index in [1.165, 1.54) is 0 Å². The average Bonchev–Trinajstić information content (AvgIpc) is 3.39. The van der Waals surface area contributed by atoms with E-state index in [0.29, 0.717) is 92.2 Å². The minimum Gasteiger partial charge on any atom is -0.308 e. The Kier molecular flexibility index (Phi) is 8.52. The molecule has 13 aromatic rings. The molecule has 0 aliphatic rings. The van der Waals surface area contributed by atoms with Crippen LogP contribution in [0.2, 0.25) is 0 Å². The maximum Gasteiger partial charge on any atom is 0.197 e. The van der Waals surface area contributed by atoms with E-state index in [4.69, 9.17) is 12.2 Å². The van der Waals surface area contributed by atoms with Crippen LogP contribution >= 0.6 is 22.2 Å². The summed E-state index contributed by atoms with van der Waals surface area (Å²) in [5, 5.41) is 3.88. The monoisotopic (exact) mass is 898 g/mol. The van der Waals surface area contributed by atoms with Gasteiger partial charge in [-0.3, -0.25) is 19.2 Å². The number of fused-ring (bicyclic) bond motifs is 8. The average molecular weight is 899 g/mol. The van der Waals surface area contributed by atoms with Crippen molar-refractivity contribution in [2.75, 3.05) is 0 Å². The molecule has 4 aromatic heterocycles. The number of aromatic nitrogens is 2. The molecular weight excluding hydrogens is 865 g/mol. The lowest BCUT2D eigenvalue weighted by Crippen LogP contribution is -2.15. The van der Waals surface area contributed by atoms with Crippen molar-refractivity contribution in [2.45, 2.75) is 19.6 Å². The highest BCUT2D eigenvalue weighted by molar-refractivity contribution is 8.34. The highest BCUT2D eigenvalue weighted by Crippen LogP contribution is 2.73. The Bertz CT molecular complexity index is 4400. The van der Waals surface area contributed by atoms with Crippen molar-refractivity contribution >= 4 is 103 Å². The van der Waals surface area contributed by atoms with E-state index in [2.05, 4.69) is 89.3 Å². The van der Waals surface area contributed by atoms with Crippen LogP contribution in [0.25, 0.3) is 76.2 Å². The molecule has 0 amide bonds. The molecule has 0 unspecified atom stereocenters. The van der Waals surface area contributed by atoms with Crippen LogP contribution in [0, 0.1) is 0 Å². The lowest BCUT2D eigenvalue weighted by molar-refractivity contribution is 1.23.